The first-order valence-electron chi connectivity index (χ1n) is 2.26. The van der Waals surface area contributed by atoms with Gasteiger partial charge in [-0.15, -0.1) is 10.2 Å². The highest BCUT2D eigenvalue weighted by Gasteiger charge is 1.98. The van der Waals surface area contributed by atoms with Gasteiger partial charge in [0, 0.05) is 0 Å². The van der Waals surface area contributed by atoms with Crippen LogP contribution in [0.1, 0.15) is 5.01 Å². The van der Waals surface area contributed by atoms with Crippen molar-refractivity contribution in [1.82, 2.24) is 10.2 Å². The second kappa shape index (κ2) is 2.72. The Hall–Kier alpha value is -0.720. The first kappa shape index (κ1) is 6.40. The summed E-state index contributed by atoms with van der Waals surface area (Å²) in [6, 6.07) is 0. The lowest BCUT2D eigenvalue weighted by molar-refractivity contribution is 0.280. The molecule has 1 heterocycles. The molecule has 0 aliphatic heterocycles. The SMILES string of the molecule is NNc1nnc(CO)s1. The lowest BCUT2D eigenvalue weighted by Crippen LogP contribution is -2.05. The number of anilines is 1. The van der Waals surface area contributed by atoms with Crippen LogP contribution in [-0.4, -0.2) is 15.3 Å². The molecule has 1 aromatic heterocycles. The van der Waals surface area contributed by atoms with Crippen LogP contribution >= 0.6 is 11.3 Å². The van der Waals surface area contributed by atoms with Crippen LogP contribution in [0.5, 0.6) is 0 Å². The zero-order valence-electron chi connectivity index (χ0n) is 4.53. The highest BCUT2D eigenvalue weighted by Crippen LogP contribution is 2.12. The zero-order chi connectivity index (χ0) is 6.69. The van der Waals surface area contributed by atoms with Gasteiger partial charge in [-0.3, -0.25) is 5.43 Å². The summed E-state index contributed by atoms with van der Waals surface area (Å²) < 4.78 is 0. The molecule has 4 N–H and O–H groups in total. The molecule has 0 saturated carbocycles. The molecule has 0 fully saturated rings. The minimum atomic E-state index is -0.0840. The average Bonchev–Trinajstić information content (AvgIpc) is 2.34. The Morgan fingerprint density at radius 3 is 2.78 bits per heavy atom. The van der Waals surface area contributed by atoms with E-state index in [1.807, 2.05) is 0 Å². The number of nitrogens with one attached hydrogen (secondary N) is 1. The largest absolute Gasteiger partial charge is 0.389 e. The average molecular weight is 146 g/mol. The molecule has 1 rings (SSSR count). The fourth-order valence-electron chi connectivity index (χ4n) is 0.376. The smallest absolute Gasteiger partial charge is 0.219 e. The van der Waals surface area contributed by atoms with Crippen molar-refractivity contribution in [3.8, 4) is 0 Å². The van der Waals surface area contributed by atoms with Crippen LogP contribution in [0, 0.1) is 0 Å². The predicted octanol–water partition coefficient (Wildman–Crippen LogP) is -0.684. The summed E-state index contributed by atoms with van der Waals surface area (Å²) in [4.78, 5) is 0. The van der Waals surface area contributed by atoms with Gasteiger partial charge in [-0.2, -0.15) is 0 Å². The van der Waals surface area contributed by atoms with E-state index in [1.54, 1.807) is 0 Å². The number of rotatable bonds is 2. The van der Waals surface area contributed by atoms with Crippen LogP contribution in [0.25, 0.3) is 0 Å². The fourth-order valence-corrected chi connectivity index (χ4v) is 0.886. The number of hydrogen-bond acceptors (Lipinski definition) is 6. The third-order valence-electron chi connectivity index (χ3n) is 0.726. The van der Waals surface area contributed by atoms with Crippen LogP contribution in [0.3, 0.4) is 0 Å². The quantitative estimate of drug-likeness (QED) is 0.380. The molecule has 6 heteroatoms. The Morgan fingerprint density at radius 2 is 2.44 bits per heavy atom. The van der Waals surface area contributed by atoms with E-state index in [9.17, 15) is 0 Å². The summed E-state index contributed by atoms with van der Waals surface area (Å²) in [7, 11) is 0. The summed E-state index contributed by atoms with van der Waals surface area (Å²) in [5.41, 5.74) is 2.32. The van der Waals surface area contributed by atoms with E-state index in [2.05, 4.69) is 15.6 Å². The molecule has 0 aliphatic carbocycles. The number of nitrogens with two attached hydrogens (primary N) is 1. The number of aliphatic hydroxyl groups is 1. The van der Waals surface area contributed by atoms with E-state index in [-0.39, 0.29) is 6.61 Å². The Labute approximate surface area is 55.5 Å². The minimum absolute atomic E-state index is 0.0840. The van der Waals surface area contributed by atoms with Crippen LogP contribution < -0.4 is 11.3 Å². The molecule has 5 nitrogen and oxygen atoms in total. The molecule has 0 unspecified atom stereocenters. The summed E-state index contributed by atoms with van der Waals surface area (Å²) in [5.74, 6) is 4.99. The van der Waals surface area contributed by atoms with Crippen molar-refractivity contribution in [2.75, 3.05) is 5.43 Å². The van der Waals surface area contributed by atoms with Crippen molar-refractivity contribution in [3.05, 3.63) is 5.01 Å². The van der Waals surface area contributed by atoms with Gasteiger partial charge in [-0.1, -0.05) is 11.3 Å². The molecule has 0 radical (unpaired) electrons. The highest BCUT2D eigenvalue weighted by molar-refractivity contribution is 7.15. The molecule has 0 saturated heterocycles. The van der Waals surface area contributed by atoms with Crippen LogP contribution in [-0.2, 0) is 6.61 Å². The van der Waals surface area contributed by atoms with Gasteiger partial charge < -0.3 is 5.11 Å². The van der Waals surface area contributed by atoms with E-state index in [0.717, 1.165) is 0 Å². The van der Waals surface area contributed by atoms with Gasteiger partial charge in [-0.05, 0) is 0 Å². The van der Waals surface area contributed by atoms with Gasteiger partial charge in [0.15, 0.2) is 0 Å². The van der Waals surface area contributed by atoms with Gasteiger partial charge in [0.2, 0.25) is 5.13 Å². The number of nitrogens with zero attached hydrogens (tertiary/aromatic N) is 2. The molecule has 0 atom stereocenters. The standard InChI is InChI=1S/C3H6N4OS/c4-5-3-7-6-2(1-8)9-3/h8H,1,4H2,(H,5,7). The topological polar surface area (TPSA) is 84.1 Å². The van der Waals surface area contributed by atoms with Crippen molar-refractivity contribution in [2.24, 2.45) is 5.84 Å². The van der Waals surface area contributed by atoms with E-state index >= 15 is 0 Å². The number of aliphatic hydroxyl groups excluding tert-OH is 1. The van der Waals surface area contributed by atoms with E-state index in [1.165, 1.54) is 11.3 Å². The van der Waals surface area contributed by atoms with Gasteiger partial charge in [0.05, 0.1) is 6.61 Å². The van der Waals surface area contributed by atoms with Gasteiger partial charge in [0.1, 0.15) is 5.01 Å². The number of aromatic nitrogens is 2. The van der Waals surface area contributed by atoms with Gasteiger partial charge >= 0.3 is 0 Å². The number of hydrazine groups is 1. The molecule has 0 bridgehead atoms. The molecule has 0 amide bonds. The molecule has 0 aromatic carbocycles. The van der Waals surface area contributed by atoms with Crippen LogP contribution in [0.2, 0.25) is 0 Å². The second-order valence-electron chi connectivity index (χ2n) is 1.30. The third kappa shape index (κ3) is 1.35. The van der Waals surface area contributed by atoms with Crippen molar-refractivity contribution in [3.63, 3.8) is 0 Å². The summed E-state index contributed by atoms with van der Waals surface area (Å²) >= 11 is 1.22. The lowest BCUT2D eigenvalue weighted by atomic mass is 10.8. The van der Waals surface area contributed by atoms with Crippen LogP contribution in [0.4, 0.5) is 5.13 Å². The van der Waals surface area contributed by atoms with Crippen LogP contribution in [0.15, 0.2) is 0 Å². The normalized spacial score (nSPS) is 9.56. The highest BCUT2D eigenvalue weighted by atomic mass is 32.1. The van der Waals surface area contributed by atoms with Crippen molar-refractivity contribution in [1.29, 1.82) is 0 Å². The number of hydrogen-bond donors (Lipinski definition) is 3. The first-order chi connectivity index (χ1) is 4.36. The molecule has 0 aliphatic rings. The van der Waals surface area contributed by atoms with E-state index < -0.39 is 0 Å². The summed E-state index contributed by atoms with van der Waals surface area (Å²) in [6.07, 6.45) is 0. The molecule has 1 aromatic rings. The molecule has 9 heavy (non-hydrogen) atoms. The van der Waals surface area contributed by atoms with Crippen molar-refractivity contribution >= 4 is 16.5 Å². The van der Waals surface area contributed by atoms with Crippen molar-refractivity contribution < 1.29 is 5.11 Å². The maximum Gasteiger partial charge on any atom is 0.219 e. The maximum absolute atomic E-state index is 8.49. The molecular weight excluding hydrogens is 140 g/mol. The monoisotopic (exact) mass is 146 g/mol. The molecule has 0 spiro atoms. The summed E-state index contributed by atoms with van der Waals surface area (Å²) in [5, 5.41) is 16.7. The summed E-state index contributed by atoms with van der Waals surface area (Å²) in [6.45, 7) is -0.0840. The Balaban J connectivity index is 2.74. The first-order valence-corrected chi connectivity index (χ1v) is 3.08. The van der Waals surface area contributed by atoms with Gasteiger partial charge in [0.25, 0.3) is 0 Å². The Kier molecular flexibility index (Phi) is 1.93. The third-order valence-corrected chi connectivity index (χ3v) is 1.56. The van der Waals surface area contributed by atoms with Crippen molar-refractivity contribution in [2.45, 2.75) is 6.61 Å². The molecular formula is C3H6N4OS. The second-order valence-corrected chi connectivity index (χ2v) is 2.37. The lowest BCUT2D eigenvalue weighted by Gasteiger charge is -1.83. The molecule has 50 valence electrons. The van der Waals surface area contributed by atoms with E-state index in [4.69, 9.17) is 10.9 Å². The maximum atomic E-state index is 8.49. The fraction of sp³-hybridized carbons (Fsp3) is 0.333. The zero-order valence-corrected chi connectivity index (χ0v) is 5.35. The van der Waals surface area contributed by atoms with Gasteiger partial charge in [-0.25, -0.2) is 5.84 Å². The predicted molar refractivity (Wildman–Crippen MR) is 33.6 cm³/mol. The van der Waals surface area contributed by atoms with E-state index in [0.29, 0.717) is 10.1 Å². The minimum Gasteiger partial charge on any atom is -0.389 e. The Morgan fingerprint density at radius 1 is 1.67 bits per heavy atom. The number of nitrogen functional groups attached to an aromatic ring is 1. The Bertz CT molecular complexity index is 169.